The summed E-state index contributed by atoms with van der Waals surface area (Å²) in [6.07, 6.45) is 0. The van der Waals surface area contributed by atoms with Gasteiger partial charge in [0.2, 0.25) is 0 Å². The fourth-order valence-corrected chi connectivity index (χ4v) is 0. The third kappa shape index (κ3) is 139. The predicted octanol–water partition coefficient (Wildman–Crippen LogP) is -0.599. The van der Waals surface area contributed by atoms with E-state index in [0.717, 1.165) is 0 Å². The van der Waals surface area contributed by atoms with E-state index in [4.69, 9.17) is 0 Å². The van der Waals surface area contributed by atoms with Crippen LogP contribution in [-0.4, -0.2) is 0 Å². The van der Waals surface area contributed by atoms with Gasteiger partial charge in [0.1, 0.15) is 0 Å². The van der Waals surface area contributed by atoms with E-state index in [1.54, 1.807) is 0 Å². The molecule has 0 aliphatic heterocycles. The van der Waals surface area contributed by atoms with Crippen LogP contribution >= 0.6 is 0 Å². The molecule has 7 heteroatoms. The summed E-state index contributed by atoms with van der Waals surface area (Å²) in [6, 6.07) is 0. The Morgan fingerprint density at radius 2 is 0.286 bits per heavy atom. The Balaban J connectivity index is 0. The largest absolute Gasteiger partial charge is 2.00 e. The van der Waals surface area contributed by atoms with E-state index in [1.807, 2.05) is 0 Å². The van der Waals surface area contributed by atoms with E-state index >= 15 is 0 Å². The summed E-state index contributed by atoms with van der Waals surface area (Å²) in [5.74, 6) is 0. The molecule has 0 fully saturated rings. The molecule has 0 aliphatic rings. The van der Waals surface area contributed by atoms with E-state index < -0.39 is 0 Å². The average molecular weight is 272 g/mol. The molecule has 0 aromatic carbocycles. The molecule has 5 nitrogen and oxygen atoms in total. The zero-order valence-corrected chi connectivity index (χ0v) is 6.87. The number of hydrogen-bond acceptors (Lipinski definition) is 0. The number of rotatable bonds is 0. The van der Waals surface area contributed by atoms with Gasteiger partial charge in [-0.05, 0) is 0 Å². The van der Waals surface area contributed by atoms with Crippen molar-refractivity contribution in [1.29, 1.82) is 0 Å². The predicted molar refractivity (Wildman–Crippen MR) is 3.43 cm³/mol. The SMILES string of the molecule is [Mo].[Mo].[O-2].[O-2].[O-2].[O-2].[O-2]. The van der Waals surface area contributed by atoms with E-state index in [1.165, 1.54) is 0 Å². The number of hydrogen-bond donors (Lipinski definition) is 0. The summed E-state index contributed by atoms with van der Waals surface area (Å²) < 4.78 is 0. The summed E-state index contributed by atoms with van der Waals surface area (Å²) in [5.41, 5.74) is 0. The van der Waals surface area contributed by atoms with Crippen molar-refractivity contribution in [3.8, 4) is 0 Å². The molecule has 0 N–H and O–H groups in total. The Morgan fingerprint density at radius 3 is 0.286 bits per heavy atom. The van der Waals surface area contributed by atoms with Gasteiger partial charge in [0, 0.05) is 42.1 Å². The van der Waals surface area contributed by atoms with Gasteiger partial charge in [-0.15, -0.1) is 0 Å². The smallest absolute Gasteiger partial charge is 0 e. The van der Waals surface area contributed by atoms with Crippen LogP contribution in [0.4, 0.5) is 0 Å². The van der Waals surface area contributed by atoms with Crippen LogP contribution in [0.3, 0.4) is 0 Å². The Labute approximate surface area is 69.5 Å². The molecule has 0 saturated heterocycles. The average Bonchev–Trinajstić information content (AvgIpc) is 0. The van der Waals surface area contributed by atoms with E-state index in [9.17, 15) is 0 Å². The van der Waals surface area contributed by atoms with Gasteiger partial charge in [0.05, 0.1) is 0 Å². The van der Waals surface area contributed by atoms with Gasteiger partial charge in [-0.1, -0.05) is 0 Å². The van der Waals surface area contributed by atoms with Crippen molar-refractivity contribution >= 4 is 0 Å². The molecule has 0 atom stereocenters. The fraction of sp³-hybridized carbons (Fsp3) is 0. The van der Waals surface area contributed by atoms with Gasteiger partial charge in [-0.2, -0.15) is 0 Å². The Hall–Kier alpha value is 1.18. The van der Waals surface area contributed by atoms with E-state index in [2.05, 4.69) is 0 Å². The first-order chi connectivity index (χ1) is 0. The van der Waals surface area contributed by atoms with Crippen molar-refractivity contribution in [2.45, 2.75) is 0 Å². The molecule has 0 amide bonds. The summed E-state index contributed by atoms with van der Waals surface area (Å²) in [6.45, 7) is 0. The maximum Gasteiger partial charge on any atom is 0 e. The molecule has 0 bridgehead atoms. The van der Waals surface area contributed by atoms with Crippen molar-refractivity contribution in [2.75, 3.05) is 0 Å². The quantitative estimate of drug-likeness (QED) is 0.519. The van der Waals surface area contributed by atoms with E-state index in [0.29, 0.717) is 0 Å². The van der Waals surface area contributed by atoms with Crippen LogP contribution in [0, 0.1) is 0 Å². The maximum absolute atomic E-state index is 0. The van der Waals surface area contributed by atoms with E-state index in [-0.39, 0.29) is 69.5 Å². The standard InChI is InChI=1S/2Mo.5O/q;;5*-2. The molecular weight excluding hydrogens is 272 g/mol. The molecule has 52 valence electrons. The molecule has 0 aliphatic carbocycles. The molecule has 0 aromatic rings. The second-order valence-corrected chi connectivity index (χ2v) is 0. The zero-order valence-electron chi connectivity index (χ0n) is 2.86. The van der Waals surface area contributed by atoms with Gasteiger partial charge in [-0.25, -0.2) is 0 Å². The molecule has 0 heterocycles. The van der Waals surface area contributed by atoms with Crippen molar-refractivity contribution in [3.63, 3.8) is 0 Å². The van der Waals surface area contributed by atoms with Crippen molar-refractivity contribution in [2.24, 2.45) is 0 Å². The zero-order chi connectivity index (χ0) is 0. The first-order valence-electron chi connectivity index (χ1n) is 0. The van der Waals surface area contributed by atoms with Crippen LogP contribution in [0.15, 0.2) is 0 Å². The molecule has 0 spiro atoms. The van der Waals surface area contributed by atoms with Gasteiger partial charge in [-0.3, -0.25) is 0 Å². The second kappa shape index (κ2) is 198. The minimum atomic E-state index is 0. The molecule has 0 unspecified atom stereocenters. The van der Waals surface area contributed by atoms with Crippen molar-refractivity contribution in [3.05, 3.63) is 0 Å². The first kappa shape index (κ1) is 304. The summed E-state index contributed by atoms with van der Waals surface area (Å²) in [4.78, 5) is 0. The molecule has 0 rings (SSSR count). The first-order valence-corrected chi connectivity index (χ1v) is 0. The Kier molecular flexibility index (Phi) is 8590. The minimum absolute atomic E-state index is 0. The normalized spacial score (nSPS) is 0. The molecule has 7 heavy (non-hydrogen) atoms. The van der Waals surface area contributed by atoms with Crippen molar-refractivity contribution < 1.29 is 69.5 Å². The van der Waals surface area contributed by atoms with Crippen LogP contribution in [0.2, 0.25) is 0 Å². The molecular formula is Mo2O5-10. The van der Waals surface area contributed by atoms with Crippen LogP contribution in [0.5, 0.6) is 0 Å². The van der Waals surface area contributed by atoms with Crippen LogP contribution in [0.1, 0.15) is 0 Å². The van der Waals surface area contributed by atoms with Crippen LogP contribution in [0.25, 0.3) is 0 Å². The second-order valence-electron chi connectivity index (χ2n) is 0. The summed E-state index contributed by atoms with van der Waals surface area (Å²) in [5, 5.41) is 0. The Morgan fingerprint density at radius 1 is 0.286 bits per heavy atom. The third-order valence-corrected chi connectivity index (χ3v) is 0. The van der Waals surface area contributed by atoms with Gasteiger partial charge in [0.25, 0.3) is 0 Å². The maximum atomic E-state index is 0. The topological polar surface area (TPSA) is 142 Å². The van der Waals surface area contributed by atoms with Crippen molar-refractivity contribution in [1.82, 2.24) is 0 Å². The minimum Gasteiger partial charge on any atom is -2.00 e. The van der Waals surface area contributed by atoms with Gasteiger partial charge in [0.15, 0.2) is 0 Å². The van der Waals surface area contributed by atoms with Crippen LogP contribution in [-0.2, 0) is 69.5 Å². The molecule has 0 aromatic heterocycles. The van der Waals surface area contributed by atoms with Crippen LogP contribution < -0.4 is 0 Å². The Bertz CT molecular complexity index is 6.04. The molecule has 0 saturated carbocycles. The molecule has 0 radical (unpaired) electrons. The van der Waals surface area contributed by atoms with Gasteiger partial charge < -0.3 is 27.4 Å². The monoisotopic (exact) mass is 276 g/mol. The fourth-order valence-electron chi connectivity index (χ4n) is 0. The summed E-state index contributed by atoms with van der Waals surface area (Å²) >= 11 is 0. The summed E-state index contributed by atoms with van der Waals surface area (Å²) in [7, 11) is 0. The van der Waals surface area contributed by atoms with Gasteiger partial charge >= 0.3 is 0 Å². The third-order valence-electron chi connectivity index (χ3n) is 0.